The van der Waals surface area contributed by atoms with Crippen molar-refractivity contribution in [1.29, 1.82) is 0 Å². The van der Waals surface area contributed by atoms with E-state index in [0.29, 0.717) is 6.42 Å². The van der Waals surface area contributed by atoms with E-state index >= 15 is 0 Å². The van der Waals surface area contributed by atoms with E-state index in [0.717, 1.165) is 12.8 Å². The minimum Gasteiger partial charge on any atom is -0.507 e. The van der Waals surface area contributed by atoms with Gasteiger partial charge in [-0.05, 0) is 24.6 Å². The van der Waals surface area contributed by atoms with Gasteiger partial charge in [-0.3, -0.25) is 9.59 Å². The number of hydrogen-bond donors (Lipinski definition) is 1. The van der Waals surface area contributed by atoms with Crippen LogP contribution < -0.4 is 4.74 Å². The molecule has 2 aromatic rings. The molecule has 0 saturated carbocycles. The molecule has 0 radical (unpaired) electrons. The number of unbranched alkanes of at least 4 members (excludes halogenated alkanes) is 2. The smallest absolute Gasteiger partial charge is 0.295 e. The molecule has 0 bridgehead atoms. The first-order chi connectivity index (χ1) is 14.8. The molecule has 0 aromatic heterocycles. The Morgan fingerprint density at radius 3 is 2.39 bits per heavy atom. The topological polar surface area (TPSA) is 66.8 Å². The minimum atomic E-state index is -1.06. The van der Waals surface area contributed by atoms with E-state index in [1.807, 2.05) is 6.92 Å². The van der Waals surface area contributed by atoms with Gasteiger partial charge in [-0.1, -0.05) is 61.2 Å². The number of rotatable bonds is 7. The maximum Gasteiger partial charge on any atom is 0.295 e. The third kappa shape index (κ3) is 4.41. The van der Waals surface area contributed by atoms with E-state index < -0.39 is 29.3 Å². The Hall–Kier alpha value is -2.57. The molecule has 2 aromatic carbocycles. The molecule has 31 heavy (non-hydrogen) atoms. The Morgan fingerprint density at radius 2 is 1.81 bits per heavy atom. The van der Waals surface area contributed by atoms with Crippen LogP contribution in [0, 0.1) is 5.82 Å². The van der Waals surface area contributed by atoms with Gasteiger partial charge in [0.05, 0.1) is 28.8 Å². The number of aliphatic hydroxyl groups excluding tert-OH is 1. The number of nitrogens with zero attached hydrogens (tertiary/aromatic N) is 1. The molecule has 0 aliphatic carbocycles. The molecule has 1 amide bonds. The number of benzene rings is 2. The Labute approximate surface area is 190 Å². The average Bonchev–Trinajstić information content (AvgIpc) is 2.98. The summed E-state index contributed by atoms with van der Waals surface area (Å²) in [6, 6.07) is 7.59. The standard InChI is InChI=1S/C23H22Cl2FNO4/c1-3-4-7-10-27-19(14-8-5-6-9-17(14)26)18(21(29)23(27)30)20(28)13-11-15(24)22(31-2)16(25)12-13/h5-6,8-9,11-12,19,28H,3-4,7,10H2,1-2H3/b20-18+. The van der Waals surface area contributed by atoms with Crippen molar-refractivity contribution in [2.24, 2.45) is 0 Å². The molecule has 5 nitrogen and oxygen atoms in total. The van der Waals surface area contributed by atoms with Gasteiger partial charge >= 0.3 is 0 Å². The van der Waals surface area contributed by atoms with Gasteiger partial charge in [-0.15, -0.1) is 0 Å². The van der Waals surface area contributed by atoms with Crippen molar-refractivity contribution in [3.05, 3.63) is 69.0 Å². The van der Waals surface area contributed by atoms with Crippen LogP contribution in [0.3, 0.4) is 0 Å². The van der Waals surface area contributed by atoms with Gasteiger partial charge in [0.15, 0.2) is 5.75 Å². The molecule has 8 heteroatoms. The summed E-state index contributed by atoms with van der Waals surface area (Å²) in [5, 5.41) is 11.3. The molecule has 0 spiro atoms. The molecule has 1 atom stereocenters. The normalized spacial score (nSPS) is 18.0. The summed E-state index contributed by atoms with van der Waals surface area (Å²) in [6.45, 7) is 2.28. The number of amides is 1. The molecule has 1 heterocycles. The molecular weight excluding hydrogens is 444 g/mol. The van der Waals surface area contributed by atoms with E-state index in [-0.39, 0.29) is 39.0 Å². The van der Waals surface area contributed by atoms with Crippen LogP contribution in [0.15, 0.2) is 42.0 Å². The number of carbonyl (C=O) groups is 2. The molecule has 164 valence electrons. The van der Waals surface area contributed by atoms with Crippen molar-refractivity contribution in [3.63, 3.8) is 0 Å². The highest BCUT2D eigenvalue weighted by Gasteiger charge is 2.46. The fourth-order valence-corrected chi connectivity index (χ4v) is 4.35. The van der Waals surface area contributed by atoms with Crippen LogP contribution in [0.4, 0.5) is 4.39 Å². The van der Waals surface area contributed by atoms with Gasteiger partial charge < -0.3 is 14.7 Å². The lowest BCUT2D eigenvalue weighted by Gasteiger charge is -2.25. The van der Waals surface area contributed by atoms with E-state index in [4.69, 9.17) is 27.9 Å². The summed E-state index contributed by atoms with van der Waals surface area (Å²) < 4.78 is 19.8. The number of halogens is 3. The van der Waals surface area contributed by atoms with Crippen LogP contribution in [0.5, 0.6) is 5.75 Å². The molecule has 1 saturated heterocycles. The van der Waals surface area contributed by atoms with Crippen molar-refractivity contribution in [2.45, 2.75) is 32.2 Å². The predicted octanol–water partition coefficient (Wildman–Crippen LogP) is 5.75. The summed E-state index contributed by atoms with van der Waals surface area (Å²) in [5.74, 6) is -2.50. The van der Waals surface area contributed by atoms with Gasteiger partial charge in [0.2, 0.25) is 0 Å². The SMILES string of the molecule is CCCCCN1C(=O)C(=O)/C(=C(/O)c2cc(Cl)c(OC)c(Cl)c2)C1c1ccccc1F. The molecule has 1 aliphatic rings. The first-order valence-electron chi connectivity index (χ1n) is 9.88. The lowest BCUT2D eigenvalue weighted by molar-refractivity contribution is -0.139. The molecule has 1 unspecified atom stereocenters. The van der Waals surface area contributed by atoms with Gasteiger partial charge in [0.25, 0.3) is 11.7 Å². The summed E-state index contributed by atoms with van der Waals surface area (Å²) in [7, 11) is 1.40. The van der Waals surface area contributed by atoms with Crippen LogP contribution in [-0.2, 0) is 9.59 Å². The highest BCUT2D eigenvalue weighted by Crippen LogP contribution is 2.42. The largest absolute Gasteiger partial charge is 0.507 e. The fourth-order valence-electron chi connectivity index (χ4n) is 3.71. The lowest BCUT2D eigenvalue weighted by Crippen LogP contribution is -2.31. The van der Waals surface area contributed by atoms with Crippen molar-refractivity contribution < 1.29 is 23.8 Å². The molecular formula is C23H22Cl2FNO4. The second-order valence-electron chi connectivity index (χ2n) is 7.19. The van der Waals surface area contributed by atoms with E-state index in [2.05, 4.69) is 0 Å². The quantitative estimate of drug-likeness (QED) is 0.244. The van der Waals surface area contributed by atoms with E-state index in [1.165, 1.54) is 42.3 Å². The number of Topliss-reactive ketones (excluding diaryl/α,β-unsaturated/α-hetero) is 1. The minimum absolute atomic E-state index is 0.121. The second kappa shape index (κ2) is 9.71. The Balaban J connectivity index is 2.19. The molecule has 1 N–H and O–H groups in total. The number of hydrogen-bond acceptors (Lipinski definition) is 4. The zero-order chi connectivity index (χ0) is 22.7. The van der Waals surface area contributed by atoms with Crippen LogP contribution in [0.1, 0.15) is 43.4 Å². The number of ketones is 1. The summed E-state index contributed by atoms with van der Waals surface area (Å²) in [4.78, 5) is 27.1. The number of likely N-dealkylation sites (tertiary alicyclic amines) is 1. The summed E-state index contributed by atoms with van der Waals surface area (Å²) in [5.41, 5.74) is 0.0538. The first-order valence-corrected chi connectivity index (χ1v) is 10.6. The fraction of sp³-hybridized carbons (Fsp3) is 0.304. The number of ether oxygens (including phenoxy) is 1. The summed E-state index contributed by atoms with van der Waals surface area (Å²) in [6.07, 6.45) is 2.41. The Morgan fingerprint density at radius 1 is 1.16 bits per heavy atom. The zero-order valence-corrected chi connectivity index (χ0v) is 18.6. The highest BCUT2D eigenvalue weighted by atomic mass is 35.5. The van der Waals surface area contributed by atoms with Crippen molar-refractivity contribution >= 4 is 40.7 Å². The van der Waals surface area contributed by atoms with Gasteiger partial charge in [-0.2, -0.15) is 0 Å². The van der Waals surface area contributed by atoms with Crippen molar-refractivity contribution in [1.82, 2.24) is 4.90 Å². The van der Waals surface area contributed by atoms with Crippen molar-refractivity contribution in [2.75, 3.05) is 13.7 Å². The second-order valence-corrected chi connectivity index (χ2v) is 8.01. The van der Waals surface area contributed by atoms with Crippen LogP contribution >= 0.6 is 23.2 Å². The van der Waals surface area contributed by atoms with Gasteiger partial charge in [0.1, 0.15) is 11.6 Å². The molecule has 3 rings (SSSR count). The predicted molar refractivity (Wildman–Crippen MR) is 118 cm³/mol. The van der Waals surface area contributed by atoms with Gasteiger partial charge in [-0.25, -0.2) is 4.39 Å². The van der Waals surface area contributed by atoms with Crippen LogP contribution in [0.2, 0.25) is 10.0 Å². The monoisotopic (exact) mass is 465 g/mol. The Kier molecular flexibility index (Phi) is 7.23. The first kappa shape index (κ1) is 23.1. The third-order valence-corrected chi connectivity index (χ3v) is 5.78. The maximum absolute atomic E-state index is 14.7. The third-order valence-electron chi connectivity index (χ3n) is 5.22. The number of methoxy groups -OCH3 is 1. The molecule has 1 fully saturated rings. The van der Waals surface area contributed by atoms with Crippen molar-refractivity contribution in [3.8, 4) is 5.75 Å². The zero-order valence-electron chi connectivity index (χ0n) is 17.1. The lowest BCUT2D eigenvalue weighted by atomic mass is 9.94. The average molecular weight is 466 g/mol. The maximum atomic E-state index is 14.7. The summed E-state index contributed by atoms with van der Waals surface area (Å²) >= 11 is 12.4. The van der Waals surface area contributed by atoms with Crippen LogP contribution in [0.25, 0.3) is 5.76 Å². The molecule has 1 aliphatic heterocycles. The van der Waals surface area contributed by atoms with E-state index in [9.17, 15) is 19.1 Å². The van der Waals surface area contributed by atoms with E-state index in [1.54, 1.807) is 6.07 Å². The Bertz CT molecular complexity index is 1030. The highest BCUT2D eigenvalue weighted by molar-refractivity contribution is 6.46. The van der Waals surface area contributed by atoms with Gasteiger partial charge in [0, 0.05) is 17.7 Å². The van der Waals surface area contributed by atoms with Crippen LogP contribution in [-0.4, -0.2) is 35.4 Å². The number of carbonyl (C=O) groups excluding carboxylic acids is 2. The number of aliphatic hydroxyl groups is 1.